The van der Waals surface area contributed by atoms with Gasteiger partial charge in [0.15, 0.2) is 5.82 Å². The lowest BCUT2D eigenvalue weighted by molar-refractivity contribution is 0.744. The van der Waals surface area contributed by atoms with E-state index in [-0.39, 0.29) is 0 Å². The van der Waals surface area contributed by atoms with E-state index < -0.39 is 0 Å². The molecule has 0 aliphatic carbocycles. The van der Waals surface area contributed by atoms with Crippen LogP contribution in [-0.4, -0.2) is 16.7 Å². The fourth-order valence-corrected chi connectivity index (χ4v) is 1.92. The quantitative estimate of drug-likeness (QED) is 0.818. The van der Waals surface area contributed by atoms with Crippen LogP contribution in [0.2, 0.25) is 0 Å². The molecule has 0 atom stereocenters. The van der Waals surface area contributed by atoms with E-state index >= 15 is 0 Å². The molecule has 94 valence electrons. The Morgan fingerprint density at radius 3 is 2.78 bits per heavy atom. The molecule has 2 aromatic rings. The third-order valence-corrected chi connectivity index (χ3v) is 2.70. The van der Waals surface area contributed by atoms with Gasteiger partial charge in [-0.15, -0.1) is 5.10 Å². The first-order valence-electron chi connectivity index (χ1n) is 6.16. The molecule has 0 aliphatic heterocycles. The molecule has 0 fully saturated rings. The maximum atomic E-state index is 5.80. The molecule has 4 heteroatoms. The minimum atomic E-state index is 0.795. The summed E-state index contributed by atoms with van der Waals surface area (Å²) in [5.41, 5.74) is 7.78. The zero-order chi connectivity index (χ0) is 12.8. The second-order valence-electron chi connectivity index (χ2n) is 4.25. The Morgan fingerprint density at radius 2 is 2.11 bits per heavy atom. The van der Waals surface area contributed by atoms with Crippen LogP contribution >= 0.6 is 0 Å². The maximum absolute atomic E-state index is 5.80. The summed E-state index contributed by atoms with van der Waals surface area (Å²) in [6.07, 6.45) is 2.76. The molecule has 0 spiro atoms. The maximum Gasteiger partial charge on any atom is 0.151 e. The van der Waals surface area contributed by atoms with Gasteiger partial charge in [-0.05, 0) is 36.2 Å². The first kappa shape index (κ1) is 12.4. The van der Waals surface area contributed by atoms with E-state index in [1.165, 1.54) is 5.56 Å². The fourth-order valence-electron chi connectivity index (χ4n) is 1.92. The fraction of sp³-hybridized carbons (Fsp3) is 0.286. The lowest BCUT2D eigenvalue weighted by Crippen LogP contribution is -2.24. The van der Waals surface area contributed by atoms with Crippen molar-refractivity contribution in [2.75, 3.05) is 17.2 Å². The molecular formula is C14H18N4. The van der Waals surface area contributed by atoms with E-state index in [9.17, 15) is 0 Å². The lowest BCUT2D eigenvalue weighted by atomic mass is 10.2. The highest BCUT2D eigenvalue weighted by Crippen LogP contribution is 2.15. The van der Waals surface area contributed by atoms with Gasteiger partial charge < -0.3 is 10.6 Å². The Hall–Kier alpha value is -2.10. The number of hydrogen-bond acceptors (Lipinski definition) is 4. The molecule has 1 heterocycles. The molecule has 0 radical (unpaired) electrons. The summed E-state index contributed by atoms with van der Waals surface area (Å²) in [6.45, 7) is 3.91. The van der Waals surface area contributed by atoms with Crippen LogP contribution in [0.25, 0.3) is 0 Å². The molecule has 2 N–H and O–H groups in total. The minimum Gasteiger partial charge on any atom is -0.399 e. The Morgan fingerprint density at radius 1 is 1.22 bits per heavy atom. The predicted octanol–water partition coefficient (Wildman–Crippen LogP) is 2.48. The van der Waals surface area contributed by atoms with Crippen LogP contribution in [0.15, 0.2) is 42.6 Å². The molecule has 0 unspecified atom stereocenters. The van der Waals surface area contributed by atoms with Gasteiger partial charge in [0.1, 0.15) is 0 Å². The Bertz CT molecular complexity index is 484. The van der Waals surface area contributed by atoms with Gasteiger partial charge in [-0.2, -0.15) is 5.10 Å². The van der Waals surface area contributed by atoms with Crippen molar-refractivity contribution in [2.45, 2.75) is 19.9 Å². The molecule has 0 saturated carbocycles. The van der Waals surface area contributed by atoms with E-state index in [0.29, 0.717) is 0 Å². The summed E-state index contributed by atoms with van der Waals surface area (Å²) in [6, 6.07) is 11.8. The van der Waals surface area contributed by atoms with Crippen molar-refractivity contribution in [3.05, 3.63) is 48.2 Å². The summed E-state index contributed by atoms with van der Waals surface area (Å²) in [4.78, 5) is 2.21. The van der Waals surface area contributed by atoms with Crippen LogP contribution < -0.4 is 10.6 Å². The summed E-state index contributed by atoms with van der Waals surface area (Å²) < 4.78 is 0. The number of nitrogens with zero attached hydrogens (tertiary/aromatic N) is 3. The highest BCUT2D eigenvalue weighted by molar-refractivity contribution is 5.43. The standard InChI is InChI=1S/C14H18N4/c1-2-9-18(14-7-4-8-16-17-14)11-12-5-3-6-13(15)10-12/h3-8,10H,2,9,11,15H2,1H3. The summed E-state index contributed by atoms with van der Waals surface area (Å²) >= 11 is 0. The number of nitrogen functional groups attached to an aromatic ring is 1. The smallest absolute Gasteiger partial charge is 0.151 e. The van der Waals surface area contributed by atoms with Crippen molar-refractivity contribution in [3.63, 3.8) is 0 Å². The van der Waals surface area contributed by atoms with Crippen molar-refractivity contribution in [2.24, 2.45) is 0 Å². The van der Waals surface area contributed by atoms with E-state index in [1.54, 1.807) is 6.20 Å². The number of benzene rings is 1. The molecule has 0 saturated heterocycles. The van der Waals surface area contributed by atoms with Gasteiger partial charge in [0.25, 0.3) is 0 Å². The first-order valence-corrected chi connectivity index (χ1v) is 6.16. The van der Waals surface area contributed by atoms with Gasteiger partial charge in [0.2, 0.25) is 0 Å². The SMILES string of the molecule is CCCN(Cc1cccc(N)c1)c1cccnn1. The first-order chi connectivity index (χ1) is 8.79. The largest absolute Gasteiger partial charge is 0.399 e. The number of rotatable bonds is 5. The monoisotopic (exact) mass is 242 g/mol. The van der Waals surface area contributed by atoms with Crippen molar-refractivity contribution in [1.29, 1.82) is 0 Å². The average Bonchev–Trinajstić information content (AvgIpc) is 2.39. The summed E-state index contributed by atoms with van der Waals surface area (Å²) in [5, 5.41) is 8.09. The van der Waals surface area contributed by atoms with Crippen LogP contribution in [0, 0.1) is 0 Å². The molecule has 2 rings (SSSR count). The number of anilines is 2. The number of hydrogen-bond donors (Lipinski definition) is 1. The second-order valence-corrected chi connectivity index (χ2v) is 4.25. The minimum absolute atomic E-state index is 0.795. The second kappa shape index (κ2) is 6.00. The Balaban J connectivity index is 2.16. The molecule has 1 aromatic heterocycles. The molecule has 0 bridgehead atoms. The van der Waals surface area contributed by atoms with Crippen molar-refractivity contribution in [1.82, 2.24) is 10.2 Å². The predicted molar refractivity (Wildman–Crippen MR) is 74.2 cm³/mol. The summed E-state index contributed by atoms with van der Waals surface area (Å²) in [5.74, 6) is 0.904. The Kier molecular flexibility index (Phi) is 4.12. The highest BCUT2D eigenvalue weighted by atomic mass is 15.3. The third-order valence-electron chi connectivity index (χ3n) is 2.70. The van der Waals surface area contributed by atoms with Crippen molar-refractivity contribution >= 4 is 11.5 Å². The normalized spacial score (nSPS) is 10.3. The number of aromatic nitrogens is 2. The van der Waals surface area contributed by atoms with Crippen LogP contribution in [0.3, 0.4) is 0 Å². The van der Waals surface area contributed by atoms with Crippen molar-refractivity contribution < 1.29 is 0 Å². The van der Waals surface area contributed by atoms with Crippen LogP contribution in [0.1, 0.15) is 18.9 Å². The molecule has 0 amide bonds. The van der Waals surface area contributed by atoms with Gasteiger partial charge >= 0.3 is 0 Å². The average molecular weight is 242 g/mol. The zero-order valence-electron chi connectivity index (χ0n) is 10.6. The van der Waals surface area contributed by atoms with E-state index in [2.05, 4.69) is 28.1 Å². The lowest BCUT2D eigenvalue weighted by Gasteiger charge is -2.22. The van der Waals surface area contributed by atoms with Gasteiger partial charge in [-0.1, -0.05) is 19.1 Å². The molecule has 4 nitrogen and oxygen atoms in total. The van der Waals surface area contributed by atoms with Gasteiger partial charge in [-0.3, -0.25) is 0 Å². The molecule has 1 aromatic carbocycles. The molecule has 0 aliphatic rings. The van der Waals surface area contributed by atoms with Crippen LogP contribution in [0.5, 0.6) is 0 Å². The van der Waals surface area contributed by atoms with Crippen LogP contribution in [-0.2, 0) is 6.54 Å². The zero-order valence-corrected chi connectivity index (χ0v) is 10.6. The molecular weight excluding hydrogens is 224 g/mol. The summed E-state index contributed by atoms with van der Waals surface area (Å²) in [7, 11) is 0. The van der Waals surface area contributed by atoms with E-state index in [4.69, 9.17) is 5.73 Å². The van der Waals surface area contributed by atoms with E-state index in [0.717, 1.165) is 31.0 Å². The molecule has 18 heavy (non-hydrogen) atoms. The highest BCUT2D eigenvalue weighted by Gasteiger charge is 2.07. The number of nitrogens with two attached hydrogens (primary N) is 1. The van der Waals surface area contributed by atoms with E-state index in [1.807, 2.05) is 30.3 Å². The van der Waals surface area contributed by atoms with Gasteiger partial charge in [-0.25, -0.2) is 0 Å². The van der Waals surface area contributed by atoms with Gasteiger partial charge in [0.05, 0.1) is 0 Å². The van der Waals surface area contributed by atoms with Gasteiger partial charge in [0, 0.05) is 25.0 Å². The third kappa shape index (κ3) is 3.20. The Labute approximate surface area is 107 Å². The van der Waals surface area contributed by atoms with Crippen LogP contribution in [0.4, 0.5) is 11.5 Å². The topological polar surface area (TPSA) is 55.0 Å². The van der Waals surface area contributed by atoms with Crippen molar-refractivity contribution in [3.8, 4) is 0 Å².